The smallest absolute Gasteiger partial charge is 0.315 e. The molecule has 2 rings (SSSR count). The summed E-state index contributed by atoms with van der Waals surface area (Å²) in [5.41, 5.74) is 4.12. The summed E-state index contributed by atoms with van der Waals surface area (Å²) < 4.78 is 2.76. The van der Waals surface area contributed by atoms with Crippen LogP contribution in [0.2, 0.25) is 0 Å². The molecular weight excluding hydrogens is 582 g/mol. The van der Waals surface area contributed by atoms with Gasteiger partial charge in [-0.25, -0.2) is 4.79 Å². The van der Waals surface area contributed by atoms with Gasteiger partial charge in [-0.1, -0.05) is 93.9 Å². The lowest BCUT2D eigenvalue weighted by atomic mass is 9.84. The summed E-state index contributed by atoms with van der Waals surface area (Å²) in [7, 11) is 0. The number of nitrogens with two attached hydrogens (primary N) is 1. The van der Waals surface area contributed by atoms with Gasteiger partial charge in [0.2, 0.25) is 17.6 Å². The van der Waals surface area contributed by atoms with Crippen molar-refractivity contribution in [3.8, 4) is 0 Å². The summed E-state index contributed by atoms with van der Waals surface area (Å²) in [4.78, 5) is 64.4. The number of hydrogen-bond acceptors (Lipinski definition) is 8. The molecule has 254 valence electrons. The fourth-order valence-electron chi connectivity index (χ4n) is 5.14. The van der Waals surface area contributed by atoms with E-state index in [-0.39, 0.29) is 17.4 Å². The number of ketones is 1. The molecule has 0 radical (unpaired) electrons. The summed E-state index contributed by atoms with van der Waals surface area (Å²) in [5.74, 6) is -1.86. The average molecular weight is 642 g/mol. The van der Waals surface area contributed by atoms with Crippen molar-refractivity contribution < 1.29 is 24.0 Å². The van der Waals surface area contributed by atoms with Crippen LogP contribution in [0.4, 0.5) is 4.79 Å². The lowest BCUT2D eigenvalue weighted by Crippen LogP contribution is -2.61. The van der Waals surface area contributed by atoms with Crippen LogP contribution in [-0.2, 0) is 19.2 Å². The highest BCUT2D eigenvalue weighted by Gasteiger charge is 2.44. The minimum absolute atomic E-state index is 0.0226. The first-order valence-electron chi connectivity index (χ1n) is 15.9. The molecular formula is C31H59N7O5S. The quantitative estimate of drug-likeness (QED) is 0.0916. The molecule has 1 aliphatic carbocycles. The fourth-order valence-corrected chi connectivity index (χ4v) is 5.25. The molecule has 5 unspecified atom stereocenters. The van der Waals surface area contributed by atoms with Crippen molar-refractivity contribution in [1.82, 2.24) is 30.9 Å². The van der Waals surface area contributed by atoms with Crippen molar-refractivity contribution in [2.24, 2.45) is 28.4 Å². The zero-order chi connectivity index (χ0) is 33.8. The number of hydrogen-bond donors (Lipinski definition) is 7. The maximum atomic E-state index is 13.8. The van der Waals surface area contributed by atoms with Crippen LogP contribution in [0.25, 0.3) is 0 Å². The summed E-state index contributed by atoms with van der Waals surface area (Å²) in [6.45, 7) is 19.3. The second-order valence-corrected chi connectivity index (χ2v) is 14.8. The molecule has 1 saturated heterocycles. The molecule has 13 heteroatoms. The van der Waals surface area contributed by atoms with Gasteiger partial charge in [-0.3, -0.25) is 23.9 Å². The first-order valence-corrected chi connectivity index (χ1v) is 16.4. The third kappa shape index (κ3) is 12.9. The van der Waals surface area contributed by atoms with Crippen LogP contribution in [0, 0.1) is 22.7 Å². The van der Waals surface area contributed by atoms with Gasteiger partial charge in [0.15, 0.2) is 0 Å². The molecule has 0 aromatic heterocycles. The molecule has 5 amide bonds. The van der Waals surface area contributed by atoms with E-state index < -0.39 is 53.1 Å². The zero-order valence-corrected chi connectivity index (χ0v) is 29.2. The fraction of sp³-hybridized carbons (Fsp3) is 0.839. The first kappa shape index (κ1) is 39.6. The Balaban J connectivity index is 0.00000143. The molecule has 5 atom stereocenters. The number of thiol groups is 1. The molecule has 12 nitrogen and oxygen atoms in total. The topological polar surface area (TPSA) is 175 Å². The van der Waals surface area contributed by atoms with Gasteiger partial charge >= 0.3 is 6.03 Å². The molecule has 0 spiro atoms. The number of nitrogens with zero attached hydrogens (tertiary/aromatic N) is 1. The maximum absolute atomic E-state index is 13.8. The van der Waals surface area contributed by atoms with E-state index in [1.165, 1.54) is 37.5 Å². The third-order valence-electron chi connectivity index (χ3n) is 8.39. The van der Waals surface area contributed by atoms with Crippen molar-refractivity contribution in [3.05, 3.63) is 0 Å². The van der Waals surface area contributed by atoms with E-state index in [9.17, 15) is 24.0 Å². The minimum atomic E-state index is -1.14. The number of rotatable bonds is 13. The Morgan fingerprint density at radius 2 is 1.57 bits per heavy atom. The largest absolute Gasteiger partial charge is 0.363 e. The van der Waals surface area contributed by atoms with Crippen molar-refractivity contribution >= 4 is 42.4 Å². The SMILES string of the molecule is CC1CC(C(=O)NC(C)C(=O)C(N)=O)N(C(=O)C(NC(=O)NC(CNCCNS)C(C)(C)C)C(C)(C)C)C1.CCC1CCC1. The highest BCUT2D eigenvalue weighted by molar-refractivity contribution is 7.78. The molecule has 7 N–H and O–H groups in total. The van der Waals surface area contributed by atoms with E-state index in [1.54, 1.807) is 0 Å². The number of Topliss-reactive ketones (excluding diaryl/α,β-unsaturated/α-hetero) is 1. The third-order valence-corrected chi connectivity index (χ3v) is 8.62. The monoisotopic (exact) mass is 641 g/mol. The lowest BCUT2D eigenvalue weighted by molar-refractivity contribution is -0.143. The predicted molar refractivity (Wildman–Crippen MR) is 177 cm³/mol. The van der Waals surface area contributed by atoms with Gasteiger partial charge in [0.05, 0.1) is 6.04 Å². The van der Waals surface area contributed by atoms with Crippen molar-refractivity contribution in [3.63, 3.8) is 0 Å². The molecule has 0 bridgehead atoms. The molecule has 2 aliphatic rings. The predicted octanol–water partition coefficient (Wildman–Crippen LogP) is 2.13. The number of amides is 5. The standard InChI is InChI=1S/C25H47N7O5S.C6H12/c1-14-11-16(21(35)29-15(2)18(33)20(26)34)32(13-14)22(36)19(25(6,7)8)31-23(37)30-17(24(3,4)5)12-27-9-10-28-38;1-2-6-4-3-5-6/h14-17,19,27-28,38H,9-13H2,1-8H3,(H2,26,34)(H,29,35)(H2,30,31,37);6H,2-5H2,1H3. The Labute approximate surface area is 270 Å². The molecule has 0 aromatic rings. The Morgan fingerprint density at radius 1 is 0.955 bits per heavy atom. The van der Waals surface area contributed by atoms with Crippen LogP contribution in [0.3, 0.4) is 0 Å². The molecule has 1 saturated carbocycles. The van der Waals surface area contributed by atoms with Crippen LogP contribution in [0.5, 0.6) is 0 Å². The van der Waals surface area contributed by atoms with Gasteiger partial charge < -0.3 is 31.9 Å². The van der Waals surface area contributed by atoms with Crippen molar-refractivity contribution in [2.75, 3.05) is 26.2 Å². The second kappa shape index (κ2) is 17.9. The number of nitrogens with one attached hydrogen (secondary N) is 5. The summed E-state index contributed by atoms with van der Waals surface area (Å²) in [5, 5.41) is 11.6. The number of carbonyl (C=O) groups excluding carboxylic acids is 5. The van der Waals surface area contributed by atoms with Gasteiger partial charge in [0, 0.05) is 32.2 Å². The van der Waals surface area contributed by atoms with Crippen molar-refractivity contribution in [2.45, 2.75) is 119 Å². The van der Waals surface area contributed by atoms with E-state index in [1.807, 2.05) is 48.5 Å². The lowest BCUT2D eigenvalue weighted by Gasteiger charge is -2.37. The van der Waals surface area contributed by atoms with Gasteiger partial charge in [0.1, 0.15) is 12.1 Å². The molecule has 1 aliphatic heterocycles. The minimum Gasteiger partial charge on any atom is -0.363 e. The number of carbonyl (C=O) groups is 5. The van der Waals surface area contributed by atoms with Gasteiger partial charge in [0.25, 0.3) is 5.91 Å². The second-order valence-electron chi connectivity index (χ2n) is 14.5. The number of urea groups is 1. The van der Waals surface area contributed by atoms with E-state index in [0.29, 0.717) is 32.6 Å². The van der Waals surface area contributed by atoms with Crippen LogP contribution >= 0.6 is 12.8 Å². The van der Waals surface area contributed by atoms with Gasteiger partial charge in [-0.2, -0.15) is 0 Å². The average Bonchev–Trinajstić information content (AvgIpc) is 3.28. The van der Waals surface area contributed by atoms with Crippen LogP contribution < -0.4 is 31.7 Å². The highest BCUT2D eigenvalue weighted by atomic mass is 32.1. The van der Waals surface area contributed by atoms with Crippen LogP contribution in [-0.4, -0.2) is 84.8 Å². The normalized spacial score (nSPS) is 20.7. The summed E-state index contributed by atoms with van der Waals surface area (Å²) in [6, 6.07) is -3.59. The Bertz CT molecular complexity index is 975. The van der Waals surface area contributed by atoms with E-state index in [2.05, 4.69) is 45.7 Å². The highest BCUT2D eigenvalue weighted by Crippen LogP contribution is 2.29. The van der Waals surface area contributed by atoms with Crippen molar-refractivity contribution in [1.29, 1.82) is 0 Å². The number of likely N-dealkylation sites (tertiary alicyclic amines) is 1. The van der Waals surface area contributed by atoms with E-state index in [4.69, 9.17) is 5.73 Å². The van der Waals surface area contributed by atoms with Crippen LogP contribution in [0.1, 0.15) is 94.4 Å². The Morgan fingerprint density at radius 3 is 2.00 bits per heavy atom. The van der Waals surface area contributed by atoms with Gasteiger partial charge in [-0.15, -0.1) is 0 Å². The van der Waals surface area contributed by atoms with E-state index in [0.717, 1.165) is 5.92 Å². The zero-order valence-electron chi connectivity index (χ0n) is 28.3. The number of primary amides is 1. The summed E-state index contributed by atoms with van der Waals surface area (Å²) in [6.07, 6.45) is 6.32. The van der Waals surface area contributed by atoms with E-state index >= 15 is 0 Å². The molecule has 2 fully saturated rings. The molecule has 1 heterocycles. The summed E-state index contributed by atoms with van der Waals surface area (Å²) >= 11 is 3.97. The molecule has 44 heavy (non-hydrogen) atoms. The molecule has 0 aromatic carbocycles. The van der Waals surface area contributed by atoms with Crippen LogP contribution in [0.15, 0.2) is 0 Å². The Kier molecular flexibility index (Phi) is 16.2. The maximum Gasteiger partial charge on any atom is 0.315 e. The first-order chi connectivity index (χ1) is 20.3. The Hall–Kier alpha value is -2.38. The van der Waals surface area contributed by atoms with Gasteiger partial charge in [-0.05, 0) is 36.0 Å².